The van der Waals surface area contributed by atoms with Crippen LogP contribution in [0.2, 0.25) is 0 Å². The van der Waals surface area contributed by atoms with Gasteiger partial charge in [0.25, 0.3) is 11.8 Å². The molecule has 0 aliphatic carbocycles. The minimum atomic E-state index is -0.301. The number of nitrogens with one attached hydrogen (secondary N) is 1. The fourth-order valence-electron chi connectivity index (χ4n) is 4.50. The number of benzene rings is 1. The maximum atomic E-state index is 13.3. The Kier molecular flexibility index (Phi) is 7.38. The smallest absolute Gasteiger partial charge is 0.257 e. The summed E-state index contributed by atoms with van der Waals surface area (Å²) in [6, 6.07) is 11.7. The Bertz CT molecular complexity index is 1260. The van der Waals surface area contributed by atoms with E-state index >= 15 is 0 Å². The molecule has 0 unspecified atom stereocenters. The fraction of sp³-hybridized carbons (Fsp3) is 0.333. The minimum absolute atomic E-state index is 0.0178. The van der Waals surface area contributed by atoms with Crippen LogP contribution in [0.25, 0.3) is 0 Å². The average Bonchev–Trinajstić information content (AvgIpc) is 3.37. The number of nitrogens with zero attached hydrogens (tertiary/aromatic N) is 3. The highest BCUT2D eigenvalue weighted by molar-refractivity contribution is 5.99. The van der Waals surface area contributed by atoms with E-state index in [2.05, 4.69) is 5.32 Å². The van der Waals surface area contributed by atoms with Gasteiger partial charge in [0.1, 0.15) is 11.5 Å². The third-order valence-corrected chi connectivity index (χ3v) is 6.33. The molecule has 3 amide bonds. The van der Waals surface area contributed by atoms with Crippen molar-refractivity contribution in [3.8, 4) is 5.75 Å². The van der Waals surface area contributed by atoms with E-state index in [4.69, 9.17) is 9.40 Å². The van der Waals surface area contributed by atoms with Gasteiger partial charge in [-0.05, 0) is 62.2 Å². The Labute approximate surface area is 209 Å². The highest BCUT2D eigenvalue weighted by Crippen LogP contribution is 2.32. The van der Waals surface area contributed by atoms with Gasteiger partial charge >= 0.3 is 0 Å². The molecule has 0 atom stereocenters. The molecule has 3 aromatic rings. The van der Waals surface area contributed by atoms with Crippen molar-refractivity contribution in [2.45, 2.75) is 39.2 Å². The molecule has 3 heterocycles. The van der Waals surface area contributed by atoms with E-state index in [-0.39, 0.29) is 35.0 Å². The highest BCUT2D eigenvalue weighted by atomic mass is 16.3. The van der Waals surface area contributed by atoms with Gasteiger partial charge in [-0.15, -0.1) is 0 Å². The van der Waals surface area contributed by atoms with E-state index in [0.29, 0.717) is 49.5 Å². The number of rotatable bonds is 6. The monoisotopic (exact) mass is 490 g/mol. The number of phenolic OH excluding ortho intramolecular Hbond substituents is 1. The Hall–Kier alpha value is -4.14. The van der Waals surface area contributed by atoms with Crippen LogP contribution in [0.5, 0.6) is 5.75 Å². The van der Waals surface area contributed by atoms with Crippen molar-refractivity contribution in [2.75, 3.05) is 25.5 Å². The Morgan fingerprint density at radius 2 is 1.89 bits per heavy atom. The summed E-state index contributed by atoms with van der Waals surface area (Å²) in [4.78, 5) is 45.8. The topological polar surface area (TPSA) is 116 Å². The van der Waals surface area contributed by atoms with Crippen molar-refractivity contribution in [1.29, 1.82) is 0 Å². The van der Waals surface area contributed by atoms with Crippen LogP contribution in [-0.2, 0) is 11.3 Å². The molecule has 1 aliphatic rings. The zero-order chi connectivity index (χ0) is 25.8. The van der Waals surface area contributed by atoms with Crippen molar-refractivity contribution in [3.63, 3.8) is 0 Å². The van der Waals surface area contributed by atoms with Crippen LogP contribution >= 0.6 is 0 Å². The lowest BCUT2D eigenvalue weighted by Gasteiger charge is -2.33. The Morgan fingerprint density at radius 1 is 1.14 bits per heavy atom. The first kappa shape index (κ1) is 25.0. The van der Waals surface area contributed by atoms with Gasteiger partial charge in [0.15, 0.2) is 0 Å². The Morgan fingerprint density at radius 3 is 2.56 bits per heavy atom. The number of pyridine rings is 1. The third-order valence-electron chi connectivity index (χ3n) is 6.33. The number of hydrogen-bond acceptors (Lipinski definition) is 6. The SMILES string of the molecule is CC(=O)Nc1ccc(O)c(C(=O)N2CCC(c3nc(C)ccc3C(=O)N(C)Cc3ccco3)CC2)c1. The molecule has 0 spiro atoms. The van der Waals surface area contributed by atoms with E-state index < -0.39 is 0 Å². The standard InChI is InChI=1S/C27H30N4O5/c1-17-6-8-22(26(34)30(3)16-21-5-4-14-36-21)25(28-17)19-10-12-31(13-11-19)27(35)23-15-20(29-18(2)32)7-9-24(23)33/h4-9,14-15,19,33H,10-13,16H2,1-3H3,(H,29,32). The maximum Gasteiger partial charge on any atom is 0.257 e. The Balaban J connectivity index is 1.48. The average molecular weight is 491 g/mol. The molecule has 0 bridgehead atoms. The molecular formula is C27H30N4O5. The molecule has 188 valence electrons. The van der Waals surface area contributed by atoms with E-state index in [9.17, 15) is 19.5 Å². The summed E-state index contributed by atoms with van der Waals surface area (Å²) in [6.45, 7) is 4.55. The summed E-state index contributed by atoms with van der Waals surface area (Å²) < 4.78 is 5.38. The lowest BCUT2D eigenvalue weighted by molar-refractivity contribution is -0.114. The molecule has 2 N–H and O–H groups in total. The largest absolute Gasteiger partial charge is 0.507 e. The molecule has 0 radical (unpaired) electrons. The van der Waals surface area contributed by atoms with E-state index in [0.717, 1.165) is 11.4 Å². The van der Waals surface area contributed by atoms with Crippen molar-refractivity contribution in [3.05, 3.63) is 77.0 Å². The first-order valence-corrected chi connectivity index (χ1v) is 11.9. The predicted octanol–water partition coefficient (Wildman–Crippen LogP) is 3.94. The van der Waals surface area contributed by atoms with Crippen molar-refractivity contribution in [1.82, 2.24) is 14.8 Å². The molecule has 1 fully saturated rings. The van der Waals surface area contributed by atoms with Crippen LogP contribution in [0.3, 0.4) is 0 Å². The van der Waals surface area contributed by atoms with Gasteiger partial charge in [-0.1, -0.05) is 0 Å². The number of carbonyl (C=O) groups excluding carboxylic acids is 3. The third kappa shape index (κ3) is 5.56. The molecule has 4 rings (SSSR count). The summed E-state index contributed by atoms with van der Waals surface area (Å²) in [6.07, 6.45) is 2.85. The summed E-state index contributed by atoms with van der Waals surface area (Å²) in [7, 11) is 1.73. The fourth-order valence-corrected chi connectivity index (χ4v) is 4.50. The quantitative estimate of drug-likeness (QED) is 0.506. The second-order valence-electron chi connectivity index (χ2n) is 9.11. The number of furan rings is 1. The summed E-state index contributed by atoms with van der Waals surface area (Å²) in [5, 5.41) is 12.9. The van der Waals surface area contributed by atoms with Gasteiger partial charge in [-0.2, -0.15) is 0 Å². The molecule has 0 saturated carbocycles. The van der Waals surface area contributed by atoms with Crippen molar-refractivity contribution in [2.24, 2.45) is 0 Å². The molecule has 2 aromatic heterocycles. The van der Waals surface area contributed by atoms with Gasteiger partial charge in [0.05, 0.1) is 29.6 Å². The van der Waals surface area contributed by atoms with Gasteiger partial charge in [0.2, 0.25) is 5.91 Å². The summed E-state index contributed by atoms with van der Waals surface area (Å²) in [5.41, 5.74) is 2.72. The number of likely N-dealkylation sites (tertiary alicyclic amines) is 1. The molecule has 9 heteroatoms. The summed E-state index contributed by atoms with van der Waals surface area (Å²) in [5.74, 6) is -0.110. The van der Waals surface area contributed by atoms with Crippen LogP contribution in [0.1, 0.15) is 63.5 Å². The van der Waals surface area contributed by atoms with Crippen LogP contribution in [0, 0.1) is 6.92 Å². The number of phenols is 1. The van der Waals surface area contributed by atoms with E-state index in [1.807, 2.05) is 25.1 Å². The van der Waals surface area contributed by atoms with Gasteiger partial charge in [0, 0.05) is 44.4 Å². The number of carbonyl (C=O) groups is 3. The van der Waals surface area contributed by atoms with E-state index in [1.54, 1.807) is 35.2 Å². The molecule has 1 aromatic carbocycles. The van der Waals surface area contributed by atoms with Crippen LogP contribution in [0.4, 0.5) is 5.69 Å². The number of piperidine rings is 1. The number of anilines is 1. The molecule has 36 heavy (non-hydrogen) atoms. The first-order valence-electron chi connectivity index (χ1n) is 11.9. The molecule has 1 aliphatic heterocycles. The van der Waals surface area contributed by atoms with Crippen LogP contribution in [-0.4, -0.2) is 57.7 Å². The van der Waals surface area contributed by atoms with E-state index in [1.165, 1.54) is 19.1 Å². The zero-order valence-corrected chi connectivity index (χ0v) is 20.7. The second-order valence-corrected chi connectivity index (χ2v) is 9.11. The van der Waals surface area contributed by atoms with Crippen LogP contribution in [0.15, 0.2) is 53.1 Å². The number of aromatic nitrogens is 1. The minimum Gasteiger partial charge on any atom is -0.507 e. The van der Waals surface area contributed by atoms with Crippen LogP contribution < -0.4 is 5.32 Å². The zero-order valence-electron chi connectivity index (χ0n) is 20.7. The lowest BCUT2D eigenvalue weighted by Crippen LogP contribution is -2.38. The van der Waals surface area contributed by atoms with Gasteiger partial charge in [-0.25, -0.2) is 0 Å². The molecular weight excluding hydrogens is 460 g/mol. The summed E-state index contributed by atoms with van der Waals surface area (Å²) >= 11 is 0. The predicted molar refractivity (Wildman–Crippen MR) is 134 cm³/mol. The highest BCUT2D eigenvalue weighted by Gasteiger charge is 2.30. The van der Waals surface area contributed by atoms with Gasteiger partial charge < -0.3 is 24.6 Å². The lowest BCUT2D eigenvalue weighted by atomic mass is 9.89. The normalized spacial score (nSPS) is 13.9. The number of aryl methyl sites for hydroxylation is 1. The van der Waals surface area contributed by atoms with Crippen molar-refractivity contribution < 1.29 is 23.9 Å². The number of aromatic hydroxyl groups is 1. The van der Waals surface area contributed by atoms with Crippen molar-refractivity contribution >= 4 is 23.4 Å². The molecule has 9 nitrogen and oxygen atoms in total. The maximum absolute atomic E-state index is 13.3. The number of hydrogen-bond donors (Lipinski definition) is 2. The second kappa shape index (κ2) is 10.6. The molecule has 1 saturated heterocycles. The van der Waals surface area contributed by atoms with Gasteiger partial charge in [-0.3, -0.25) is 19.4 Å². The first-order chi connectivity index (χ1) is 17.2. The number of amides is 3.